The minimum absolute atomic E-state index is 0.168. The van der Waals surface area contributed by atoms with E-state index in [0.29, 0.717) is 22.6 Å². The molecule has 2 aromatic carbocycles. The zero-order valence-electron chi connectivity index (χ0n) is 15.2. The molecule has 1 heterocycles. The molecule has 5 heteroatoms. The molecule has 0 amide bonds. The van der Waals surface area contributed by atoms with Gasteiger partial charge >= 0.3 is 5.97 Å². The van der Waals surface area contributed by atoms with Gasteiger partial charge in [0, 0.05) is 5.56 Å². The fourth-order valence-corrected chi connectivity index (χ4v) is 2.79. The summed E-state index contributed by atoms with van der Waals surface area (Å²) in [5.74, 6) is 0.576. The van der Waals surface area contributed by atoms with E-state index in [1.165, 1.54) is 7.11 Å². The third-order valence-corrected chi connectivity index (χ3v) is 4.35. The average Bonchev–Trinajstić information content (AvgIpc) is 2.95. The van der Waals surface area contributed by atoms with Crippen LogP contribution in [-0.2, 0) is 9.53 Å². The molecule has 2 aromatic rings. The van der Waals surface area contributed by atoms with Crippen molar-refractivity contribution in [1.82, 2.24) is 0 Å². The van der Waals surface area contributed by atoms with Crippen molar-refractivity contribution in [1.29, 1.82) is 0 Å². The standard InChI is InChI=1S/C21H20O5/c1-12-7-5-6-8-15(12)11-18-19(22)16-9-10-17(13(2)20(16)26-18)25-14(3)21(23)24-4/h5-11,14H,1-4H3/b18-11-. The number of carbonyl (C=O) groups excluding carboxylic acids is 2. The molecule has 0 aromatic heterocycles. The van der Waals surface area contributed by atoms with Gasteiger partial charge in [-0.2, -0.15) is 0 Å². The van der Waals surface area contributed by atoms with Gasteiger partial charge in [-0.25, -0.2) is 4.79 Å². The maximum Gasteiger partial charge on any atom is 0.346 e. The fourth-order valence-electron chi connectivity index (χ4n) is 2.79. The number of ether oxygens (including phenoxy) is 3. The van der Waals surface area contributed by atoms with Gasteiger partial charge in [-0.3, -0.25) is 4.79 Å². The number of Topliss-reactive ketones (excluding diaryl/α,β-unsaturated/α-hetero) is 1. The number of benzene rings is 2. The van der Waals surface area contributed by atoms with Crippen molar-refractivity contribution in [2.75, 3.05) is 7.11 Å². The zero-order valence-corrected chi connectivity index (χ0v) is 15.2. The van der Waals surface area contributed by atoms with Gasteiger partial charge in [0.1, 0.15) is 11.5 Å². The highest BCUT2D eigenvalue weighted by Gasteiger charge is 2.31. The normalized spacial score (nSPS) is 15.4. The summed E-state index contributed by atoms with van der Waals surface area (Å²) in [7, 11) is 1.31. The van der Waals surface area contributed by atoms with Crippen molar-refractivity contribution in [3.8, 4) is 11.5 Å². The molecule has 3 rings (SSSR count). The minimum Gasteiger partial charge on any atom is -0.479 e. The van der Waals surface area contributed by atoms with E-state index in [2.05, 4.69) is 4.74 Å². The lowest BCUT2D eigenvalue weighted by Crippen LogP contribution is -2.25. The van der Waals surface area contributed by atoms with Crippen LogP contribution >= 0.6 is 0 Å². The lowest BCUT2D eigenvalue weighted by molar-refractivity contribution is -0.147. The van der Waals surface area contributed by atoms with Gasteiger partial charge in [-0.05, 0) is 50.1 Å². The Balaban J connectivity index is 1.92. The van der Waals surface area contributed by atoms with Crippen LogP contribution in [0.15, 0.2) is 42.2 Å². The number of ketones is 1. The van der Waals surface area contributed by atoms with Gasteiger partial charge in [0.15, 0.2) is 11.9 Å². The maximum atomic E-state index is 12.6. The number of carbonyl (C=O) groups is 2. The Kier molecular flexibility index (Phi) is 4.80. The quantitative estimate of drug-likeness (QED) is 0.618. The molecule has 0 N–H and O–H groups in total. The summed E-state index contributed by atoms with van der Waals surface area (Å²) >= 11 is 0. The van der Waals surface area contributed by atoms with Gasteiger partial charge in [0.05, 0.1) is 12.7 Å². The number of methoxy groups -OCH3 is 1. The first-order valence-electron chi connectivity index (χ1n) is 8.30. The summed E-state index contributed by atoms with van der Waals surface area (Å²) in [5.41, 5.74) is 3.14. The number of rotatable bonds is 4. The Morgan fingerprint density at radius 1 is 1.15 bits per heavy atom. The van der Waals surface area contributed by atoms with Crippen molar-refractivity contribution < 1.29 is 23.8 Å². The van der Waals surface area contributed by atoms with E-state index in [9.17, 15) is 9.59 Å². The number of hydrogen-bond acceptors (Lipinski definition) is 5. The molecule has 0 saturated carbocycles. The highest BCUT2D eigenvalue weighted by atomic mass is 16.6. The van der Waals surface area contributed by atoms with Crippen LogP contribution in [-0.4, -0.2) is 25.0 Å². The molecule has 134 valence electrons. The first-order chi connectivity index (χ1) is 12.4. The monoisotopic (exact) mass is 352 g/mol. The third kappa shape index (κ3) is 3.20. The summed E-state index contributed by atoms with van der Waals surface area (Å²) in [4.78, 5) is 24.2. The molecule has 5 nitrogen and oxygen atoms in total. The molecule has 1 atom stereocenters. The van der Waals surface area contributed by atoms with Crippen LogP contribution in [0, 0.1) is 13.8 Å². The first kappa shape index (κ1) is 17.7. The lowest BCUT2D eigenvalue weighted by Gasteiger charge is -2.15. The first-order valence-corrected chi connectivity index (χ1v) is 8.30. The van der Waals surface area contributed by atoms with Gasteiger partial charge < -0.3 is 14.2 Å². The molecular weight excluding hydrogens is 332 g/mol. The maximum absolute atomic E-state index is 12.6. The Labute approximate surface area is 152 Å². The van der Waals surface area contributed by atoms with Crippen molar-refractivity contribution in [3.63, 3.8) is 0 Å². The van der Waals surface area contributed by atoms with E-state index in [4.69, 9.17) is 9.47 Å². The Hall–Kier alpha value is -3.08. The molecule has 0 spiro atoms. The highest BCUT2D eigenvalue weighted by Crippen LogP contribution is 2.39. The van der Waals surface area contributed by atoms with Crippen molar-refractivity contribution in [3.05, 3.63) is 64.4 Å². The second-order valence-electron chi connectivity index (χ2n) is 6.14. The number of hydrogen-bond donors (Lipinski definition) is 0. The van der Waals surface area contributed by atoms with Crippen LogP contribution in [0.1, 0.15) is 34.0 Å². The van der Waals surface area contributed by atoms with E-state index >= 15 is 0 Å². The second kappa shape index (κ2) is 7.04. The summed E-state index contributed by atoms with van der Waals surface area (Å²) in [6, 6.07) is 11.1. The molecular formula is C21H20O5. The summed E-state index contributed by atoms with van der Waals surface area (Å²) in [6.07, 6.45) is 0.991. The molecule has 1 aliphatic rings. The van der Waals surface area contributed by atoms with E-state index < -0.39 is 12.1 Å². The molecule has 0 bridgehead atoms. The number of fused-ring (bicyclic) bond motifs is 1. The van der Waals surface area contributed by atoms with Gasteiger partial charge in [0.2, 0.25) is 5.78 Å². The van der Waals surface area contributed by atoms with E-state index in [1.54, 1.807) is 32.1 Å². The summed E-state index contributed by atoms with van der Waals surface area (Å²) in [6.45, 7) is 5.38. The minimum atomic E-state index is -0.754. The van der Waals surface area contributed by atoms with Crippen LogP contribution < -0.4 is 9.47 Å². The summed E-state index contributed by atoms with van der Waals surface area (Å²) in [5, 5.41) is 0. The van der Waals surface area contributed by atoms with Crippen LogP contribution in [0.25, 0.3) is 6.08 Å². The molecule has 0 fully saturated rings. The van der Waals surface area contributed by atoms with Crippen molar-refractivity contribution >= 4 is 17.8 Å². The zero-order chi connectivity index (χ0) is 18.8. The second-order valence-corrected chi connectivity index (χ2v) is 6.14. The van der Waals surface area contributed by atoms with Gasteiger partial charge in [0.25, 0.3) is 0 Å². The van der Waals surface area contributed by atoms with Crippen LogP contribution in [0.5, 0.6) is 11.5 Å². The average molecular weight is 352 g/mol. The number of esters is 1. The lowest BCUT2D eigenvalue weighted by atomic mass is 10.0. The van der Waals surface area contributed by atoms with Gasteiger partial charge in [-0.15, -0.1) is 0 Å². The third-order valence-electron chi connectivity index (χ3n) is 4.35. The highest BCUT2D eigenvalue weighted by molar-refractivity contribution is 6.15. The largest absolute Gasteiger partial charge is 0.479 e. The Morgan fingerprint density at radius 2 is 1.88 bits per heavy atom. The molecule has 0 saturated heterocycles. The fraction of sp³-hybridized carbons (Fsp3) is 0.238. The van der Waals surface area contributed by atoms with E-state index in [-0.39, 0.29) is 11.5 Å². The number of aryl methyl sites for hydroxylation is 1. The predicted molar refractivity (Wildman–Crippen MR) is 97.4 cm³/mol. The van der Waals surface area contributed by atoms with Crippen molar-refractivity contribution in [2.24, 2.45) is 0 Å². The molecule has 1 unspecified atom stereocenters. The molecule has 0 radical (unpaired) electrons. The molecule has 1 aliphatic heterocycles. The number of allylic oxidation sites excluding steroid dienone is 1. The van der Waals surface area contributed by atoms with Crippen LogP contribution in [0.3, 0.4) is 0 Å². The molecule has 0 aliphatic carbocycles. The smallest absolute Gasteiger partial charge is 0.346 e. The van der Waals surface area contributed by atoms with E-state index in [0.717, 1.165) is 11.1 Å². The Bertz CT molecular complexity index is 911. The summed E-state index contributed by atoms with van der Waals surface area (Å²) < 4.78 is 16.1. The van der Waals surface area contributed by atoms with Crippen LogP contribution in [0.2, 0.25) is 0 Å². The van der Waals surface area contributed by atoms with E-state index in [1.807, 2.05) is 31.2 Å². The predicted octanol–water partition coefficient (Wildman–Crippen LogP) is 3.86. The SMILES string of the molecule is COC(=O)C(C)Oc1ccc2c(c1C)O/C(=C\c1ccccc1C)C2=O. The topological polar surface area (TPSA) is 61.8 Å². The van der Waals surface area contributed by atoms with Gasteiger partial charge in [-0.1, -0.05) is 24.3 Å². The van der Waals surface area contributed by atoms with Crippen molar-refractivity contribution in [2.45, 2.75) is 26.9 Å². The molecule has 26 heavy (non-hydrogen) atoms. The Morgan fingerprint density at radius 3 is 2.58 bits per heavy atom. The van der Waals surface area contributed by atoms with Crippen LogP contribution in [0.4, 0.5) is 0 Å².